The topological polar surface area (TPSA) is 57.8 Å². The molecule has 2 N–H and O–H groups in total. The Kier molecular flexibility index (Phi) is 5.37. The fourth-order valence-corrected chi connectivity index (χ4v) is 3.10. The van der Waals surface area contributed by atoms with Crippen LogP contribution in [0.4, 0.5) is 4.39 Å². The second-order valence-corrected chi connectivity index (χ2v) is 6.62. The van der Waals surface area contributed by atoms with E-state index in [1.54, 1.807) is 24.3 Å². The number of hydrogen-bond acceptors (Lipinski definition) is 3. The fourth-order valence-electron chi connectivity index (χ4n) is 2.21. The van der Waals surface area contributed by atoms with Crippen molar-refractivity contribution in [2.24, 2.45) is 0 Å². The van der Waals surface area contributed by atoms with Crippen molar-refractivity contribution in [2.75, 3.05) is 12.3 Å². The molecule has 0 saturated carbocycles. The Labute approximate surface area is 147 Å². The van der Waals surface area contributed by atoms with Gasteiger partial charge in [-0.15, -0.1) is 0 Å². The van der Waals surface area contributed by atoms with Crippen LogP contribution in [0.5, 0.6) is 0 Å². The first kappa shape index (κ1) is 16.8. The van der Waals surface area contributed by atoms with Crippen LogP contribution in [0, 0.1) is 5.82 Å². The van der Waals surface area contributed by atoms with Crippen molar-refractivity contribution in [1.82, 2.24) is 15.3 Å². The molecule has 124 valence electrons. The molecular weight excluding hydrogens is 349 g/mol. The van der Waals surface area contributed by atoms with Gasteiger partial charge in [0.25, 0.3) is 0 Å². The third-order valence-corrected chi connectivity index (χ3v) is 4.52. The minimum absolute atomic E-state index is 0.0689. The second-order valence-electron chi connectivity index (χ2n) is 5.22. The number of aromatic amines is 1. The van der Waals surface area contributed by atoms with Gasteiger partial charge in [-0.05, 0) is 42.3 Å². The van der Waals surface area contributed by atoms with Crippen molar-refractivity contribution in [3.8, 4) is 0 Å². The Morgan fingerprint density at radius 3 is 2.83 bits per heavy atom. The lowest BCUT2D eigenvalue weighted by molar-refractivity contribution is -0.118. The molecule has 1 aromatic heterocycles. The quantitative estimate of drug-likeness (QED) is 0.655. The van der Waals surface area contributed by atoms with Gasteiger partial charge in [-0.25, -0.2) is 9.37 Å². The molecule has 0 bridgehead atoms. The molecule has 0 aliphatic carbocycles. The van der Waals surface area contributed by atoms with Gasteiger partial charge < -0.3 is 10.3 Å². The zero-order chi connectivity index (χ0) is 16.9. The van der Waals surface area contributed by atoms with Crippen molar-refractivity contribution in [3.63, 3.8) is 0 Å². The number of H-pyrrole nitrogens is 1. The van der Waals surface area contributed by atoms with Crippen LogP contribution in [-0.4, -0.2) is 28.2 Å². The number of carbonyl (C=O) groups is 1. The number of nitrogens with zero attached hydrogens (tertiary/aromatic N) is 1. The van der Waals surface area contributed by atoms with Gasteiger partial charge in [-0.2, -0.15) is 0 Å². The van der Waals surface area contributed by atoms with Crippen LogP contribution in [0.15, 0.2) is 47.6 Å². The van der Waals surface area contributed by atoms with Crippen molar-refractivity contribution in [2.45, 2.75) is 11.6 Å². The third-order valence-electron chi connectivity index (χ3n) is 3.41. The molecule has 3 aromatic rings. The Hall–Kier alpha value is -2.05. The average molecular weight is 364 g/mol. The zero-order valence-corrected chi connectivity index (χ0v) is 14.3. The molecule has 0 fully saturated rings. The molecule has 7 heteroatoms. The predicted molar refractivity (Wildman–Crippen MR) is 94.9 cm³/mol. The summed E-state index contributed by atoms with van der Waals surface area (Å²) in [4.78, 5) is 19.4. The lowest BCUT2D eigenvalue weighted by Crippen LogP contribution is -2.27. The number of benzene rings is 2. The van der Waals surface area contributed by atoms with E-state index in [2.05, 4.69) is 15.3 Å². The Morgan fingerprint density at radius 1 is 1.25 bits per heavy atom. The fraction of sp³-hybridized carbons (Fsp3) is 0.176. The van der Waals surface area contributed by atoms with E-state index < -0.39 is 0 Å². The van der Waals surface area contributed by atoms with Gasteiger partial charge >= 0.3 is 0 Å². The van der Waals surface area contributed by atoms with E-state index in [0.29, 0.717) is 23.1 Å². The van der Waals surface area contributed by atoms with Crippen LogP contribution < -0.4 is 5.32 Å². The molecule has 0 atom stereocenters. The molecule has 0 spiro atoms. The van der Waals surface area contributed by atoms with E-state index >= 15 is 0 Å². The van der Waals surface area contributed by atoms with Crippen molar-refractivity contribution in [1.29, 1.82) is 0 Å². The molecular formula is C17H15ClFN3OS. The van der Waals surface area contributed by atoms with Gasteiger partial charge in [-0.3, -0.25) is 4.79 Å². The van der Waals surface area contributed by atoms with E-state index in [4.69, 9.17) is 11.6 Å². The van der Waals surface area contributed by atoms with Crippen LogP contribution >= 0.6 is 23.4 Å². The minimum Gasteiger partial charge on any atom is -0.355 e. The van der Waals surface area contributed by atoms with Gasteiger partial charge in [-0.1, -0.05) is 35.5 Å². The first-order valence-corrected chi connectivity index (χ1v) is 8.76. The number of rotatable bonds is 6. The Balaban J connectivity index is 1.45. The van der Waals surface area contributed by atoms with Gasteiger partial charge in [0.15, 0.2) is 5.16 Å². The number of thioether (sulfide) groups is 1. The number of amides is 1. The zero-order valence-electron chi connectivity index (χ0n) is 12.7. The maximum absolute atomic E-state index is 12.8. The number of imidazole rings is 1. The molecule has 0 saturated heterocycles. The lowest BCUT2D eigenvalue weighted by Gasteiger charge is -2.04. The average Bonchev–Trinajstić information content (AvgIpc) is 2.97. The van der Waals surface area contributed by atoms with E-state index in [-0.39, 0.29) is 17.5 Å². The Morgan fingerprint density at radius 2 is 2.04 bits per heavy atom. The van der Waals surface area contributed by atoms with Gasteiger partial charge in [0.05, 0.1) is 16.8 Å². The molecule has 0 radical (unpaired) electrons. The molecule has 0 aliphatic rings. The molecule has 0 aliphatic heterocycles. The number of nitrogens with one attached hydrogen (secondary N) is 2. The van der Waals surface area contributed by atoms with Gasteiger partial charge in [0, 0.05) is 11.6 Å². The first-order chi connectivity index (χ1) is 11.6. The summed E-state index contributed by atoms with van der Waals surface area (Å²) in [6.07, 6.45) is 0.666. The number of fused-ring (bicyclic) bond motifs is 1. The smallest absolute Gasteiger partial charge is 0.230 e. The highest BCUT2D eigenvalue weighted by atomic mass is 35.5. The second kappa shape index (κ2) is 7.68. The normalized spacial score (nSPS) is 10.9. The number of aromatic nitrogens is 2. The Bertz CT molecular complexity index is 851. The highest BCUT2D eigenvalue weighted by Crippen LogP contribution is 2.21. The van der Waals surface area contributed by atoms with Crippen LogP contribution in [0.2, 0.25) is 5.02 Å². The molecule has 2 aromatic carbocycles. The number of hydrogen-bond donors (Lipinski definition) is 2. The summed E-state index contributed by atoms with van der Waals surface area (Å²) in [5.74, 6) is -0.0522. The summed E-state index contributed by atoms with van der Waals surface area (Å²) in [5, 5.41) is 4.16. The van der Waals surface area contributed by atoms with E-state index in [1.807, 2.05) is 6.07 Å². The third kappa shape index (κ3) is 4.49. The van der Waals surface area contributed by atoms with Crippen LogP contribution in [0.25, 0.3) is 11.0 Å². The molecule has 1 heterocycles. The van der Waals surface area contributed by atoms with Crippen molar-refractivity contribution in [3.05, 3.63) is 58.9 Å². The lowest BCUT2D eigenvalue weighted by atomic mass is 10.1. The SMILES string of the molecule is O=C(CSc1nc2ccc(Cl)cc2[nH]1)NCCc1ccc(F)cc1. The number of halogens is 2. The van der Waals surface area contributed by atoms with Gasteiger partial charge in [0.1, 0.15) is 5.82 Å². The van der Waals surface area contributed by atoms with E-state index in [1.165, 1.54) is 23.9 Å². The summed E-state index contributed by atoms with van der Waals surface area (Å²) >= 11 is 7.27. The highest BCUT2D eigenvalue weighted by Gasteiger charge is 2.07. The molecule has 0 unspecified atom stereocenters. The van der Waals surface area contributed by atoms with Crippen molar-refractivity contribution >= 4 is 40.3 Å². The summed E-state index contributed by atoms with van der Waals surface area (Å²) < 4.78 is 12.8. The van der Waals surface area contributed by atoms with Crippen LogP contribution in [0.3, 0.4) is 0 Å². The first-order valence-electron chi connectivity index (χ1n) is 7.39. The van der Waals surface area contributed by atoms with Crippen LogP contribution in [-0.2, 0) is 11.2 Å². The molecule has 3 rings (SSSR count). The predicted octanol–water partition coefficient (Wildman–Crippen LogP) is 3.81. The standard InChI is InChI=1S/C17H15ClFN3OS/c18-12-3-6-14-15(9-12)22-17(21-14)24-10-16(23)20-8-7-11-1-4-13(19)5-2-11/h1-6,9H,7-8,10H2,(H,20,23)(H,21,22). The van der Waals surface area contributed by atoms with Crippen molar-refractivity contribution < 1.29 is 9.18 Å². The maximum Gasteiger partial charge on any atom is 0.230 e. The van der Waals surface area contributed by atoms with E-state index in [0.717, 1.165) is 16.6 Å². The highest BCUT2D eigenvalue weighted by molar-refractivity contribution is 7.99. The summed E-state index contributed by atoms with van der Waals surface area (Å²) in [6, 6.07) is 11.7. The van der Waals surface area contributed by atoms with Crippen LogP contribution in [0.1, 0.15) is 5.56 Å². The largest absolute Gasteiger partial charge is 0.355 e. The summed E-state index contributed by atoms with van der Waals surface area (Å²) in [7, 11) is 0. The summed E-state index contributed by atoms with van der Waals surface area (Å²) in [6.45, 7) is 0.515. The number of carbonyl (C=O) groups excluding carboxylic acids is 1. The molecule has 4 nitrogen and oxygen atoms in total. The van der Waals surface area contributed by atoms with Gasteiger partial charge in [0.2, 0.25) is 5.91 Å². The maximum atomic E-state index is 12.8. The minimum atomic E-state index is -0.258. The monoisotopic (exact) mass is 363 g/mol. The molecule has 24 heavy (non-hydrogen) atoms. The molecule has 1 amide bonds. The van der Waals surface area contributed by atoms with E-state index in [9.17, 15) is 9.18 Å². The summed E-state index contributed by atoms with van der Waals surface area (Å²) in [5.41, 5.74) is 2.65.